The summed E-state index contributed by atoms with van der Waals surface area (Å²) < 4.78 is 5.31. The first-order chi connectivity index (χ1) is 6.92. The summed E-state index contributed by atoms with van der Waals surface area (Å²) in [5.41, 5.74) is -0.412. The predicted molar refractivity (Wildman–Crippen MR) is 61.3 cm³/mol. The largest absolute Gasteiger partial charge is 0.444 e. The van der Waals surface area contributed by atoms with Crippen molar-refractivity contribution in [1.29, 1.82) is 0 Å². The van der Waals surface area contributed by atoms with Crippen molar-refractivity contribution in [3.63, 3.8) is 0 Å². The van der Waals surface area contributed by atoms with Crippen molar-refractivity contribution in [2.75, 3.05) is 19.0 Å². The number of nitrogens with zero attached hydrogens (tertiary/aromatic N) is 1. The highest BCUT2D eigenvalue weighted by molar-refractivity contribution is 6.18. The molecule has 0 saturated carbocycles. The van der Waals surface area contributed by atoms with Crippen molar-refractivity contribution in [1.82, 2.24) is 4.90 Å². The first kappa shape index (κ1) is 12.6. The Morgan fingerprint density at radius 3 is 2.73 bits per heavy atom. The van der Waals surface area contributed by atoms with E-state index in [-0.39, 0.29) is 6.09 Å². The van der Waals surface area contributed by atoms with Crippen molar-refractivity contribution in [2.24, 2.45) is 5.92 Å². The molecule has 0 aromatic rings. The molecule has 0 aromatic heterocycles. The minimum absolute atomic E-state index is 0.211. The zero-order valence-electron chi connectivity index (χ0n) is 9.75. The van der Waals surface area contributed by atoms with Gasteiger partial charge in [-0.05, 0) is 39.5 Å². The van der Waals surface area contributed by atoms with Crippen LogP contribution in [0, 0.1) is 5.92 Å². The van der Waals surface area contributed by atoms with Crippen molar-refractivity contribution >= 4 is 17.7 Å². The molecule has 0 aliphatic carbocycles. The van der Waals surface area contributed by atoms with Crippen LogP contribution in [0.1, 0.15) is 33.6 Å². The number of halogens is 1. The van der Waals surface area contributed by atoms with Gasteiger partial charge in [-0.3, -0.25) is 0 Å². The Balaban J connectivity index is 2.45. The summed E-state index contributed by atoms with van der Waals surface area (Å²) in [7, 11) is 0. The van der Waals surface area contributed by atoms with Crippen LogP contribution in [-0.4, -0.2) is 35.6 Å². The van der Waals surface area contributed by atoms with Crippen molar-refractivity contribution < 1.29 is 9.53 Å². The average Bonchev–Trinajstić information content (AvgIpc) is 2.15. The molecule has 3 nitrogen and oxygen atoms in total. The van der Waals surface area contributed by atoms with Crippen LogP contribution >= 0.6 is 11.6 Å². The van der Waals surface area contributed by atoms with Gasteiger partial charge in [-0.1, -0.05) is 0 Å². The maximum Gasteiger partial charge on any atom is 0.410 e. The lowest BCUT2D eigenvalue weighted by atomic mass is 10.0. The van der Waals surface area contributed by atoms with Gasteiger partial charge in [-0.25, -0.2) is 4.79 Å². The van der Waals surface area contributed by atoms with Gasteiger partial charge in [0.05, 0.1) is 0 Å². The molecule has 1 aliphatic rings. The normalized spacial score (nSPS) is 22.7. The quantitative estimate of drug-likeness (QED) is 0.652. The van der Waals surface area contributed by atoms with E-state index in [4.69, 9.17) is 16.3 Å². The number of carbonyl (C=O) groups is 1. The lowest BCUT2D eigenvalue weighted by molar-refractivity contribution is 0.0176. The number of alkyl halides is 1. The maximum absolute atomic E-state index is 11.7. The topological polar surface area (TPSA) is 29.5 Å². The molecule has 4 heteroatoms. The number of ether oxygens (including phenoxy) is 1. The molecule has 15 heavy (non-hydrogen) atoms. The number of carbonyl (C=O) groups excluding carboxylic acids is 1. The van der Waals surface area contributed by atoms with Gasteiger partial charge in [0.1, 0.15) is 5.60 Å². The Bertz CT molecular complexity index is 225. The zero-order chi connectivity index (χ0) is 11.5. The molecule has 1 saturated heterocycles. The second kappa shape index (κ2) is 5.06. The standard InChI is InChI=1S/C11H20ClNO2/c1-11(2,3)15-10(14)13-6-4-5-9(7-12)8-13/h9H,4-8H2,1-3H3. The van der Waals surface area contributed by atoms with Crippen LogP contribution in [-0.2, 0) is 4.74 Å². The Kier molecular flexibility index (Phi) is 4.26. The molecule has 0 N–H and O–H groups in total. The van der Waals surface area contributed by atoms with Gasteiger partial charge < -0.3 is 9.64 Å². The molecule has 1 fully saturated rings. The van der Waals surface area contributed by atoms with Gasteiger partial charge in [-0.2, -0.15) is 0 Å². The van der Waals surface area contributed by atoms with Crippen LogP contribution in [0.4, 0.5) is 4.79 Å². The summed E-state index contributed by atoms with van der Waals surface area (Å²) in [4.78, 5) is 13.5. The highest BCUT2D eigenvalue weighted by Gasteiger charge is 2.26. The van der Waals surface area contributed by atoms with E-state index in [1.54, 1.807) is 4.90 Å². The minimum atomic E-state index is -0.412. The van der Waals surface area contributed by atoms with E-state index in [0.717, 1.165) is 25.9 Å². The van der Waals surface area contributed by atoms with Gasteiger partial charge >= 0.3 is 6.09 Å². The molecule has 0 bridgehead atoms. The monoisotopic (exact) mass is 233 g/mol. The van der Waals surface area contributed by atoms with E-state index < -0.39 is 5.60 Å². The molecule has 1 unspecified atom stereocenters. The summed E-state index contributed by atoms with van der Waals surface area (Å²) in [5.74, 6) is 1.05. The Labute approximate surface area is 96.7 Å². The van der Waals surface area contributed by atoms with E-state index in [1.165, 1.54) is 0 Å². The Morgan fingerprint density at radius 1 is 1.53 bits per heavy atom. The number of hydrogen-bond donors (Lipinski definition) is 0. The smallest absolute Gasteiger partial charge is 0.410 e. The molecule has 1 heterocycles. The summed E-state index contributed by atoms with van der Waals surface area (Å²) >= 11 is 5.80. The first-order valence-electron chi connectivity index (χ1n) is 5.46. The molecule has 1 amide bonds. The minimum Gasteiger partial charge on any atom is -0.444 e. The van der Waals surface area contributed by atoms with Gasteiger partial charge in [0.15, 0.2) is 0 Å². The fourth-order valence-electron chi connectivity index (χ4n) is 1.68. The van der Waals surface area contributed by atoms with Crippen LogP contribution in [0.15, 0.2) is 0 Å². The van der Waals surface area contributed by atoms with Crippen LogP contribution in [0.2, 0.25) is 0 Å². The van der Waals surface area contributed by atoms with Gasteiger partial charge in [0.2, 0.25) is 0 Å². The fraction of sp³-hybridized carbons (Fsp3) is 0.909. The van der Waals surface area contributed by atoms with Crippen LogP contribution < -0.4 is 0 Å². The highest BCUT2D eigenvalue weighted by Crippen LogP contribution is 2.19. The van der Waals surface area contributed by atoms with E-state index in [9.17, 15) is 4.79 Å². The van der Waals surface area contributed by atoms with Gasteiger partial charge in [0, 0.05) is 19.0 Å². The first-order valence-corrected chi connectivity index (χ1v) is 5.99. The second-order valence-corrected chi connectivity index (χ2v) is 5.40. The summed E-state index contributed by atoms with van der Waals surface area (Å²) in [6, 6.07) is 0. The molecule has 0 radical (unpaired) electrons. The van der Waals surface area contributed by atoms with E-state index in [2.05, 4.69) is 0 Å². The third-order valence-corrected chi connectivity index (χ3v) is 2.83. The molecule has 1 atom stereocenters. The second-order valence-electron chi connectivity index (χ2n) is 5.09. The van der Waals surface area contributed by atoms with E-state index in [1.807, 2.05) is 20.8 Å². The van der Waals surface area contributed by atoms with Gasteiger partial charge in [-0.15, -0.1) is 11.6 Å². The molecule has 88 valence electrons. The molecular formula is C11H20ClNO2. The molecule has 0 aromatic carbocycles. The zero-order valence-corrected chi connectivity index (χ0v) is 10.5. The predicted octanol–water partition coefficient (Wildman–Crippen LogP) is 2.87. The fourth-order valence-corrected chi connectivity index (χ4v) is 1.94. The third kappa shape index (κ3) is 4.29. The summed E-state index contributed by atoms with van der Waals surface area (Å²) in [5, 5.41) is 0. The molecule has 0 spiro atoms. The molecule has 1 aliphatic heterocycles. The van der Waals surface area contributed by atoms with Crippen molar-refractivity contribution in [3.05, 3.63) is 0 Å². The van der Waals surface area contributed by atoms with Crippen molar-refractivity contribution in [3.8, 4) is 0 Å². The van der Waals surface area contributed by atoms with E-state index in [0.29, 0.717) is 11.8 Å². The lowest BCUT2D eigenvalue weighted by Crippen LogP contribution is -2.43. The highest BCUT2D eigenvalue weighted by atomic mass is 35.5. The number of likely N-dealkylation sites (tertiary alicyclic amines) is 1. The van der Waals surface area contributed by atoms with Crippen molar-refractivity contribution in [2.45, 2.75) is 39.2 Å². The van der Waals surface area contributed by atoms with Crippen LogP contribution in [0.25, 0.3) is 0 Å². The number of rotatable bonds is 1. The van der Waals surface area contributed by atoms with Gasteiger partial charge in [0.25, 0.3) is 0 Å². The third-order valence-electron chi connectivity index (χ3n) is 2.39. The van der Waals surface area contributed by atoms with E-state index >= 15 is 0 Å². The molecular weight excluding hydrogens is 214 g/mol. The maximum atomic E-state index is 11.7. The summed E-state index contributed by atoms with van der Waals surface area (Å²) in [6.45, 7) is 7.18. The Morgan fingerprint density at radius 2 is 2.20 bits per heavy atom. The van der Waals surface area contributed by atoms with Crippen LogP contribution in [0.5, 0.6) is 0 Å². The SMILES string of the molecule is CC(C)(C)OC(=O)N1CCCC(CCl)C1. The summed E-state index contributed by atoms with van der Waals surface area (Å²) in [6.07, 6.45) is 1.93. The number of hydrogen-bond acceptors (Lipinski definition) is 2. The lowest BCUT2D eigenvalue weighted by Gasteiger charge is -2.33. The molecule has 1 rings (SSSR count). The van der Waals surface area contributed by atoms with Crippen LogP contribution in [0.3, 0.4) is 0 Å². The Hall–Kier alpha value is -0.440. The number of amides is 1. The average molecular weight is 234 g/mol. The number of piperidine rings is 1.